The number of anilines is 1. The third-order valence-corrected chi connectivity index (χ3v) is 5.17. The molecule has 172 valence electrons. The molecule has 1 N–H and O–H groups in total. The maximum atomic E-state index is 12.8. The van der Waals surface area contributed by atoms with E-state index in [9.17, 15) is 4.79 Å². The van der Waals surface area contributed by atoms with Crippen LogP contribution in [0.25, 0.3) is 5.82 Å². The van der Waals surface area contributed by atoms with Gasteiger partial charge in [-0.05, 0) is 63.2 Å². The van der Waals surface area contributed by atoms with Gasteiger partial charge in [0.05, 0.1) is 11.3 Å². The lowest BCUT2D eigenvalue weighted by atomic mass is 10.1. The van der Waals surface area contributed by atoms with Crippen LogP contribution < -0.4 is 19.5 Å². The number of nitrogens with one attached hydrogen (secondary N) is 1. The van der Waals surface area contributed by atoms with Crippen LogP contribution in [0.2, 0.25) is 0 Å². The van der Waals surface area contributed by atoms with Crippen LogP contribution in [0.15, 0.2) is 54.6 Å². The Morgan fingerprint density at radius 2 is 1.79 bits per heavy atom. The third kappa shape index (κ3) is 4.40. The Hall–Kier alpha value is -4.40. The topological polar surface area (TPSA) is 100 Å². The van der Waals surface area contributed by atoms with Crippen molar-refractivity contribution in [3.8, 4) is 28.9 Å². The fraction of sp³-hybridized carbons (Fsp3) is 0.200. The number of hydrogen-bond acceptors (Lipinski definition) is 7. The van der Waals surface area contributed by atoms with Crippen LogP contribution in [0.3, 0.4) is 0 Å². The monoisotopic (exact) mass is 457 g/mol. The molecule has 0 spiro atoms. The Labute approximate surface area is 196 Å². The second-order valence-electron chi connectivity index (χ2n) is 7.86. The van der Waals surface area contributed by atoms with Crippen LogP contribution in [0.5, 0.6) is 23.1 Å². The number of para-hydroxylation sites is 1. The van der Waals surface area contributed by atoms with Crippen molar-refractivity contribution in [2.75, 3.05) is 18.5 Å². The third-order valence-electron chi connectivity index (χ3n) is 5.17. The molecule has 1 aliphatic heterocycles. The Morgan fingerprint density at radius 1 is 1.00 bits per heavy atom. The van der Waals surface area contributed by atoms with E-state index in [2.05, 4.69) is 20.4 Å². The summed E-state index contributed by atoms with van der Waals surface area (Å²) >= 11 is 0. The standard InChI is InChI=1S/C25H23N5O4/c1-15-13-16(2)30(29-15)22-14-23(27-17(3)26-22)34-19-9-7-18(8-10-19)28-25(31)20-5-4-6-21-24(20)33-12-11-32-21/h4-10,13-14H,11-12H2,1-3H3,(H,28,31). The van der Waals surface area contributed by atoms with E-state index in [1.807, 2.05) is 19.9 Å². The van der Waals surface area contributed by atoms with Crippen molar-refractivity contribution in [1.82, 2.24) is 19.7 Å². The maximum Gasteiger partial charge on any atom is 0.259 e. The molecule has 4 aromatic rings. The molecule has 5 rings (SSSR count). The molecule has 2 aromatic heterocycles. The van der Waals surface area contributed by atoms with Crippen molar-refractivity contribution in [2.24, 2.45) is 0 Å². The second kappa shape index (κ2) is 8.86. The number of nitrogens with zero attached hydrogens (tertiary/aromatic N) is 4. The summed E-state index contributed by atoms with van der Waals surface area (Å²) in [5.41, 5.74) is 2.92. The van der Waals surface area contributed by atoms with E-state index in [0.717, 1.165) is 11.4 Å². The minimum atomic E-state index is -0.281. The SMILES string of the molecule is Cc1cc(C)n(-c2cc(Oc3ccc(NC(=O)c4cccc5c4OCCO5)cc3)nc(C)n2)n1. The van der Waals surface area contributed by atoms with Crippen molar-refractivity contribution in [2.45, 2.75) is 20.8 Å². The van der Waals surface area contributed by atoms with Crippen molar-refractivity contribution in [3.63, 3.8) is 0 Å². The van der Waals surface area contributed by atoms with Crippen LogP contribution >= 0.6 is 0 Å². The zero-order valence-electron chi connectivity index (χ0n) is 19.0. The Morgan fingerprint density at radius 3 is 2.56 bits per heavy atom. The lowest BCUT2D eigenvalue weighted by Crippen LogP contribution is -2.20. The molecule has 2 aromatic carbocycles. The van der Waals surface area contributed by atoms with Gasteiger partial charge >= 0.3 is 0 Å². The Bertz CT molecular complexity index is 1360. The van der Waals surface area contributed by atoms with Crippen LogP contribution in [0, 0.1) is 20.8 Å². The highest BCUT2D eigenvalue weighted by molar-refractivity contribution is 6.06. The Kier molecular flexibility index (Phi) is 5.59. The summed E-state index contributed by atoms with van der Waals surface area (Å²) in [7, 11) is 0. The number of aryl methyl sites for hydroxylation is 3. The van der Waals surface area contributed by atoms with E-state index in [1.54, 1.807) is 60.1 Å². The van der Waals surface area contributed by atoms with E-state index in [1.165, 1.54) is 0 Å². The van der Waals surface area contributed by atoms with E-state index in [0.29, 0.717) is 59.2 Å². The summed E-state index contributed by atoms with van der Waals surface area (Å²) in [6.45, 7) is 6.58. The van der Waals surface area contributed by atoms with E-state index >= 15 is 0 Å². The van der Waals surface area contributed by atoms with E-state index < -0.39 is 0 Å². The molecule has 3 heterocycles. The molecule has 1 aliphatic rings. The Balaban J connectivity index is 1.31. The highest BCUT2D eigenvalue weighted by Gasteiger charge is 2.20. The lowest BCUT2D eigenvalue weighted by molar-refractivity contribution is 0.101. The fourth-order valence-corrected chi connectivity index (χ4v) is 3.72. The van der Waals surface area contributed by atoms with Crippen LogP contribution in [0.4, 0.5) is 5.69 Å². The summed E-state index contributed by atoms with van der Waals surface area (Å²) in [6, 6.07) is 16.0. The quantitative estimate of drug-likeness (QED) is 0.474. The van der Waals surface area contributed by atoms with Gasteiger partial charge < -0.3 is 19.5 Å². The molecule has 0 radical (unpaired) electrons. The number of benzene rings is 2. The van der Waals surface area contributed by atoms with Crippen LogP contribution in [-0.4, -0.2) is 38.9 Å². The van der Waals surface area contributed by atoms with E-state index in [-0.39, 0.29) is 5.91 Å². The molecule has 0 atom stereocenters. The number of carbonyl (C=O) groups is 1. The largest absolute Gasteiger partial charge is 0.486 e. The summed E-state index contributed by atoms with van der Waals surface area (Å²) in [5.74, 6) is 2.93. The summed E-state index contributed by atoms with van der Waals surface area (Å²) in [6.07, 6.45) is 0. The van der Waals surface area contributed by atoms with Gasteiger partial charge in [-0.1, -0.05) is 6.07 Å². The molecular formula is C25H23N5O4. The number of hydrogen-bond donors (Lipinski definition) is 1. The van der Waals surface area contributed by atoms with Crippen molar-refractivity contribution in [1.29, 1.82) is 0 Å². The predicted molar refractivity (Wildman–Crippen MR) is 125 cm³/mol. The molecule has 9 heteroatoms. The van der Waals surface area contributed by atoms with Crippen molar-refractivity contribution < 1.29 is 19.0 Å². The number of amides is 1. The average molecular weight is 457 g/mol. The number of fused-ring (bicyclic) bond motifs is 1. The average Bonchev–Trinajstić information content (AvgIpc) is 3.17. The van der Waals surface area contributed by atoms with Crippen molar-refractivity contribution in [3.05, 3.63) is 77.4 Å². The van der Waals surface area contributed by atoms with Crippen molar-refractivity contribution >= 4 is 11.6 Å². The first-order valence-electron chi connectivity index (χ1n) is 10.8. The van der Waals surface area contributed by atoms with Crippen LogP contribution in [-0.2, 0) is 0 Å². The van der Waals surface area contributed by atoms with Gasteiger partial charge in [0.25, 0.3) is 5.91 Å². The molecule has 0 aliphatic carbocycles. The van der Waals surface area contributed by atoms with Gasteiger partial charge in [0.2, 0.25) is 5.88 Å². The van der Waals surface area contributed by atoms with Gasteiger partial charge in [-0.25, -0.2) is 9.67 Å². The molecule has 9 nitrogen and oxygen atoms in total. The zero-order chi connectivity index (χ0) is 23.7. The second-order valence-corrected chi connectivity index (χ2v) is 7.86. The van der Waals surface area contributed by atoms with Gasteiger partial charge in [0.1, 0.15) is 24.8 Å². The zero-order valence-corrected chi connectivity index (χ0v) is 19.0. The normalized spacial score (nSPS) is 12.3. The van der Waals surface area contributed by atoms with Gasteiger partial charge in [-0.15, -0.1) is 0 Å². The first-order chi connectivity index (χ1) is 16.5. The highest BCUT2D eigenvalue weighted by Crippen LogP contribution is 2.34. The molecule has 0 fully saturated rings. The molecule has 0 unspecified atom stereocenters. The molecule has 34 heavy (non-hydrogen) atoms. The van der Waals surface area contributed by atoms with E-state index in [4.69, 9.17) is 14.2 Å². The lowest BCUT2D eigenvalue weighted by Gasteiger charge is -2.20. The molecule has 0 saturated carbocycles. The predicted octanol–water partition coefficient (Wildman–Crippen LogP) is 4.40. The number of carbonyl (C=O) groups excluding carboxylic acids is 1. The number of rotatable bonds is 5. The minimum Gasteiger partial charge on any atom is -0.486 e. The summed E-state index contributed by atoms with van der Waals surface area (Å²) in [4.78, 5) is 21.6. The first-order valence-corrected chi connectivity index (χ1v) is 10.8. The number of aromatic nitrogens is 4. The smallest absolute Gasteiger partial charge is 0.259 e. The highest BCUT2D eigenvalue weighted by atomic mass is 16.6. The number of ether oxygens (including phenoxy) is 3. The summed E-state index contributed by atoms with van der Waals surface area (Å²) in [5, 5.41) is 7.35. The van der Waals surface area contributed by atoms with Gasteiger partial charge in [-0.3, -0.25) is 4.79 Å². The fourth-order valence-electron chi connectivity index (χ4n) is 3.72. The van der Waals surface area contributed by atoms with Gasteiger partial charge in [0, 0.05) is 17.4 Å². The minimum absolute atomic E-state index is 0.281. The summed E-state index contributed by atoms with van der Waals surface area (Å²) < 4.78 is 18.9. The van der Waals surface area contributed by atoms with Gasteiger partial charge in [0.15, 0.2) is 17.3 Å². The maximum absolute atomic E-state index is 12.8. The molecular weight excluding hydrogens is 434 g/mol. The molecule has 0 bridgehead atoms. The van der Waals surface area contributed by atoms with Gasteiger partial charge in [-0.2, -0.15) is 10.1 Å². The molecule has 1 amide bonds. The molecule has 0 saturated heterocycles. The van der Waals surface area contributed by atoms with Crippen LogP contribution in [0.1, 0.15) is 27.6 Å². The first kappa shape index (κ1) is 21.4.